The maximum atomic E-state index is 15.9. The summed E-state index contributed by atoms with van der Waals surface area (Å²) in [5.74, 6) is 5.86. The number of dihydropyridines is 1. The summed E-state index contributed by atoms with van der Waals surface area (Å²) in [6.07, 6.45) is 10.2. The van der Waals surface area contributed by atoms with Crippen LogP contribution in [0, 0.1) is 57.7 Å². The van der Waals surface area contributed by atoms with Gasteiger partial charge < -0.3 is 62.0 Å². The van der Waals surface area contributed by atoms with Gasteiger partial charge in [0.1, 0.15) is 5.60 Å². The van der Waals surface area contributed by atoms with Gasteiger partial charge >= 0.3 is 0 Å². The maximum absolute atomic E-state index is 15.9. The summed E-state index contributed by atoms with van der Waals surface area (Å²) in [6.45, 7) is 5.66. The van der Waals surface area contributed by atoms with E-state index in [4.69, 9.17) is 10.5 Å². The van der Waals surface area contributed by atoms with Crippen LogP contribution in [-0.4, -0.2) is 119 Å². The number of rotatable bonds is 13. The van der Waals surface area contributed by atoms with Crippen LogP contribution in [0.15, 0.2) is 34.7 Å². The average Bonchev–Trinajstić information content (AvgIpc) is 3.69. The number of aliphatic hydroxyl groups excluding tert-OH is 5. The molecule has 18 atom stereocenters. The lowest BCUT2D eigenvalue weighted by atomic mass is 9.37. The van der Waals surface area contributed by atoms with Crippen molar-refractivity contribution >= 4 is 5.78 Å². The van der Waals surface area contributed by atoms with E-state index in [1.165, 1.54) is 6.42 Å². The van der Waals surface area contributed by atoms with E-state index in [9.17, 15) is 40.9 Å². The summed E-state index contributed by atoms with van der Waals surface area (Å²) in [5.41, 5.74) is 0.457. The molecule has 10 aliphatic rings. The summed E-state index contributed by atoms with van der Waals surface area (Å²) < 4.78 is 7.02. The largest absolute Gasteiger partial charge is 0.396 e. The molecule has 0 radical (unpaired) electrons. The van der Waals surface area contributed by atoms with Crippen LogP contribution in [0.4, 0.5) is 0 Å². The van der Waals surface area contributed by atoms with Crippen molar-refractivity contribution in [3.8, 4) is 11.8 Å². The standard InChI is InChI=1S/C53H81N3O10/c1-4-9-32-12-15-34-40(16-13-32)66-47-43(34)37(59)11-7-23-53(47,65)48(3,63)41-20-26-52(64)44-35-19-25-49(41,52)21-5-6-22-51(46(62)45(44)55-30-31(2)58)29-39(61)38(60)28-50(35,51)24-18-33-14-17-42(54)56-36(33)10-8-27-57/h14,17,31-32,34-35,37-43,47,55-61,63-65H,4,7-13,15-16,18-30,54H2,1-3H3. The van der Waals surface area contributed by atoms with Gasteiger partial charge in [-0.05, 0) is 157 Å². The minimum absolute atomic E-state index is 0.00963. The first kappa shape index (κ1) is 48.7. The number of ether oxygens (including phenoxy) is 1. The van der Waals surface area contributed by atoms with Crippen molar-refractivity contribution in [3.05, 3.63) is 34.7 Å². The van der Waals surface area contributed by atoms with Gasteiger partial charge in [0.15, 0.2) is 5.78 Å². The first-order chi connectivity index (χ1) is 31.4. The van der Waals surface area contributed by atoms with Crippen LogP contribution >= 0.6 is 0 Å². The Morgan fingerprint density at radius 2 is 1.74 bits per heavy atom. The fourth-order valence-corrected chi connectivity index (χ4v) is 16.8. The molecule has 0 aromatic heterocycles. The summed E-state index contributed by atoms with van der Waals surface area (Å²) in [7, 11) is 0. The minimum atomic E-state index is -1.81. The zero-order chi connectivity index (χ0) is 47.0. The minimum Gasteiger partial charge on any atom is -0.396 e. The van der Waals surface area contributed by atoms with Crippen LogP contribution < -0.4 is 16.4 Å². The number of hydrogen-bond donors (Lipinski definition) is 11. The fourth-order valence-electron chi connectivity index (χ4n) is 16.8. The predicted octanol–water partition coefficient (Wildman–Crippen LogP) is 3.88. The van der Waals surface area contributed by atoms with E-state index in [0.29, 0.717) is 69.3 Å². The van der Waals surface area contributed by atoms with Gasteiger partial charge in [-0.15, -0.1) is 11.8 Å². The van der Waals surface area contributed by atoms with Crippen LogP contribution in [0.3, 0.4) is 0 Å². The molecule has 2 aliphatic heterocycles. The third-order valence-corrected chi connectivity index (χ3v) is 19.9. The number of hydrogen-bond acceptors (Lipinski definition) is 13. The molecule has 0 aromatic carbocycles. The zero-order valence-electron chi connectivity index (χ0n) is 39.8. The van der Waals surface area contributed by atoms with Crippen molar-refractivity contribution in [1.82, 2.24) is 10.6 Å². The molecule has 6 fully saturated rings. The highest BCUT2D eigenvalue weighted by Gasteiger charge is 2.77. The Bertz CT molecular complexity index is 2010. The second-order valence-electron chi connectivity index (χ2n) is 23.1. The number of ketones is 1. The molecule has 1 saturated heterocycles. The summed E-state index contributed by atoms with van der Waals surface area (Å²) in [5, 5.41) is 104. The number of Topliss-reactive ketones (excluding diaryl/α,β-unsaturated/α-hetero) is 1. The molecule has 18 unspecified atom stereocenters. The molecule has 12 N–H and O–H groups in total. The number of carbonyl (C=O) groups excluding carboxylic acids is 1. The van der Waals surface area contributed by atoms with E-state index in [1.54, 1.807) is 13.8 Å². The first-order valence-corrected chi connectivity index (χ1v) is 26.0. The molecule has 2 spiro atoms. The van der Waals surface area contributed by atoms with Gasteiger partial charge in [-0.2, -0.15) is 0 Å². The Hall–Kier alpha value is -2.35. The summed E-state index contributed by atoms with van der Waals surface area (Å²) >= 11 is 0. The first-order valence-electron chi connectivity index (χ1n) is 26.0. The number of nitrogens with two attached hydrogens (primary N) is 1. The normalized spacial score (nSPS) is 46.5. The Kier molecular flexibility index (Phi) is 13.4. The maximum Gasteiger partial charge on any atom is 0.186 e. The molecule has 13 heteroatoms. The molecule has 4 bridgehead atoms. The van der Waals surface area contributed by atoms with Gasteiger partial charge in [-0.3, -0.25) is 4.79 Å². The van der Waals surface area contributed by atoms with E-state index in [1.807, 2.05) is 12.2 Å². The fraction of sp³-hybridized carbons (Fsp3) is 0.830. The topological polar surface area (TPSA) is 238 Å². The second kappa shape index (κ2) is 18.1. The van der Waals surface area contributed by atoms with Crippen molar-refractivity contribution < 1.29 is 50.4 Å². The molecule has 2 heterocycles. The molecule has 0 amide bonds. The van der Waals surface area contributed by atoms with Crippen LogP contribution in [0.1, 0.15) is 156 Å². The Morgan fingerprint density at radius 3 is 2.50 bits per heavy atom. The van der Waals surface area contributed by atoms with Gasteiger partial charge in [-0.25, -0.2) is 0 Å². The smallest absolute Gasteiger partial charge is 0.186 e. The van der Waals surface area contributed by atoms with E-state index < -0.39 is 75.4 Å². The molecule has 13 nitrogen and oxygen atoms in total. The Morgan fingerprint density at radius 1 is 0.985 bits per heavy atom. The number of carbonyl (C=O) groups is 1. The second-order valence-corrected chi connectivity index (χ2v) is 23.1. The molecule has 0 aromatic rings. The highest BCUT2D eigenvalue weighted by Crippen LogP contribution is 2.75. The van der Waals surface area contributed by atoms with Crippen molar-refractivity contribution in [3.63, 3.8) is 0 Å². The zero-order valence-corrected chi connectivity index (χ0v) is 39.8. The quantitative estimate of drug-likeness (QED) is 0.118. The van der Waals surface area contributed by atoms with Gasteiger partial charge in [0, 0.05) is 48.9 Å². The highest BCUT2D eigenvalue weighted by atomic mass is 16.5. The number of allylic oxidation sites excluding steroid dienone is 4. The average molecular weight is 920 g/mol. The number of fused-ring (bicyclic) bond motifs is 7. The molecule has 8 aliphatic carbocycles. The van der Waals surface area contributed by atoms with Crippen molar-refractivity contribution in [1.29, 1.82) is 0 Å². The molecule has 368 valence electrons. The monoisotopic (exact) mass is 920 g/mol. The summed E-state index contributed by atoms with van der Waals surface area (Å²) in [4.78, 5) is 15.9. The molecule has 66 heavy (non-hydrogen) atoms. The molecule has 5 saturated carbocycles. The lowest BCUT2D eigenvalue weighted by Crippen LogP contribution is -2.71. The molecular formula is C53H81N3O10. The third kappa shape index (κ3) is 7.35. The van der Waals surface area contributed by atoms with E-state index in [0.717, 1.165) is 43.4 Å². The van der Waals surface area contributed by atoms with Crippen LogP contribution in [0.5, 0.6) is 0 Å². The van der Waals surface area contributed by atoms with Gasteiger partial charge in [0.2, 0.25) is 0 Å². The Labute approximate surface area is 392 Å². The molecular weight excluding hydrogens is 839 g/mol. The van der Waals surface area contributed by atoms with Crippen molar-refractivity contribution in [2.45, 2.75) is 215 Å². The van der Waals surface area contributed by atoms with E-state index in [2.05, 4.69) is 29.4 Å². The Balaban J connectivity index is 1.15. The van der Waals surface area contributed by atoms with E-state index >= 15 is 4.79 Å². The highest BCUT2D eigenvalue weighted by molar-refractivity contribution is 6.03. The van der Waals surface area contributed by atoms with Crippen LogP contribution in [0.25, 0.3) is 0 Å². The molecule has 10 rings (SSSR count). The van der Waals surface area contributed by atoms with Crippen molar-refractivity contribution in [2.75, 3.05) is 13.2 Å². The van der Waals surface area contributed by atoms with Crippen LogP contribution in [0.2, 0.25) is 0 Å². The van der Waals surface area contributed by atoms with E-state index in [-0.39, 0.29) is 87.3 Å². The SMILES string of the molecule is CCCC1CCC2OC3C(C(O)CCCC3(O)C(C)(O)C3CCC4(O)C5=C(NCC(C)O)C(=O)C67CC#CCC34CCC5C6(CCC3=C(CCCO)NC(N)C=C3)CC(O)C(O)C7)C2CC1. The third-order valence-electron chi connectivity index (χ3n) is 19.9. The lowest BCUT2D eigenvalue weighted by molar-refractivity contribution is -0.256. The van der Waals surface area contributed by atoms with Crippen molar-refractivity contribution in [2.24, 2.45) is 51.6 Å². The lowest BCUT2D eigenvalue weighted by Gasteiger charge is -2.67. The van der Waals surface area contributed by atoms with Gasteiger partial charge in [0.05, 0.1) is 65.1 Å². The van der Waals surface area contributed by atoms with Crippen LogP contribution in [-0.2, 0) is 9.53 Å². The van der Waals surface area contributed by atoms with Gasteiger partial charge in [0.25, 0.3) is 0 Å². The van der Waals surface area contributed by atoms with Gasteiger partial charge in [-0.1, -0.05) is 32.3 Å². The predicted molar refractivity (Wildman–Crippen MR) is 248 cm³/mol. The number of aliphatic hydroxyl groups is 8. The summed E-state index contributed by atoms with van der Waals surface area (Å²) in [6, 6.07) is 0. The number of nitrogens with one attached hydrogen (secondary N) is 2.